The fourth-order valence-corrected chi connectivity index (χ4v) is 3.38. The third-order valence-electron chi connectivity index (χ3n) is 4.99. The smallest absolute Gasteiger partial charge is 0.255 e. The number of benzene rings is 2. The predicted molar refractivity (Wildman–Crippen MR) is 129 cm³/mol. The number of carbonyl (C=O) groups excluding carboxylic acids is 1. The molecule has 0 aliphatic heterocycles. The van der Waals surface area contributed by atoms with Crippen molar-refractivity contribution in [1.82, 2.24) is 25.3 Å². The molecule has 0 saturated heterocycles. The van der Waals surface area contributed by atoms with Crippen LogP contribution in [0.15, 0.2) is 67.0 Å². The summed E-state index contributed by atoms with van der Waals surface area (Å²) in [6, 6.07) is 16.3. The van der Waals surface area contributed by atoms with Crippen LogP contribution in [0.5, 0.6) is 11.5 Å². The van der Waals surface area contributed by atoms with Gasteiger partial charge in [-0.1, -0.05) is 28.9 Å². The molecule has 2 aromatic heterocycles. The van der Waals surface area contributed by atoms with Crippen molar-refractivity contribution in [3.05, 3.63) is 88.8 Å². The molecule has 0 aliphatic carbocycles. The van der Waals surface area contributed by atoms with E-state index in [-0.39, 0.29) is 12.5 Å². The molecule has 4 rings (SSSR count). The van der Waals surface area contributed by atoms with Gasteiger partial charge in [-0.2, -0.15) is 0 Å². The van der Waals surface area contributed by atoms with Crippen molar-refractivity contribution in [3.63, 3.8) is 0 Å². The molecule has 0 saturated carbocycles. The van der Waals surface area contributed by atoms with Gasteiger partial charge < -0.3 is 20.1 Å². The Hall–Kier alpha value is -4.11. The Balaban J connectivity index is 1.42. The number of halogens is 1. The Labute approximate surface area is 201 Å². The molecule has 0 aliphatic rings. The van der Waals surface area contributed by atoms with Gasteiger partial charge in [0.1, 0.15) is 23.0 Å². The Bertz CT molecular complexity index is 1280. The monoisotopic (exact) mass is 478 g/mol. The second-order valence-corrected chi connectivity index (χ2v) is 7.74. The van der Waals surface area contributed by atoms with Gasteiger partial charge in [-0.25, -0.2) is 9.67 Å². The van der Waals surface area contributed by atoms with Crippen LogP contribution >= 0.6 is 11.6 Å². The maximum atomic E-state index is 12.9. The maximum absolute atomic E-state index is 12.9. The summed E-state index contributed by atoms with van der Waals surface area (Å²) in [4.78, 5) is 17.2. The zero-order chi connectivity index (χ0) is 23.9. The zero-order valence-corrected chi connectivity index (χ0v) is 19.4. The summed E-state index contributed by atoms with van der Waals surface area (Å²) >= 11 is 5.93. The SMILES string of the molecule is COc1ccc(Nc2ncccc2C(=O)NCc2cn(Cc3ccc(Cl)cc3)nn2)c(OC)c1. The fraction of sp³-hybridized carbons (Fsp3) is 0.167. The molecule has 0 unspecified atom stereocenters. The Morgan fingerprint density at radius 3 is 2.68 bits per heavy atom. The third-order valence-corrected chi connectivity index (χ3v) is 5.24. The number of nitrogens with zero attached hydrogens (tertiary/aromatic N) is 4. The van der Waals surface area contributed by atoms with E-state index >= 15 is 0 Å². The molecule has 2 heterocycles. The number of carbonyl (C=O) groups is 1. The van der Waals surface area contributed by atoms with Crippen LogP contribution in [0.1, 0.15) is 21.6 Å². The van der Waals surface area contributed by atoms with Gasteiger partial charge in [0.2, 0.25) is 0 Å². The van der Waals surface area contributed by atoms with Gasteiger partial charge in [-0.3, -0.25) is 4.79 Å². The number of rotatable bonds is 9. The van der Waals surface area contributed by atoms with Crippen LogP contribution in [0.2, 0.25) is 5.02 Å². The highest BCUT2D eigenvalue weighted by Gasteiger charge is 2.15. The molecule has 2 N–H and O–H groups in total. The predicted octanol–water partition coefficient (Wildman–Crippen LogP) is 4.07. The van der Waals surface area contributed by atoms with Crippen LogP contribution in [-0.2, 0) is 13.1 Å². The van der Waals surface area contributed by atoms with Crippen molar-refractivity contribution in [2.24, 2.45) is 0 Å². The fourth-order valence-electron chi connectivity index (χ4n) is 3.26. The molecule has 1 amide bonds. The average Bonchev–Trinajstić information content (AvgIpc) is 3.31. The van der Waals surface area contributed by atoms with Gasteiger partial charge in [0.05, 0.1) is 44.8 Å². The van der Waals surface area contributed by atoms with E-state index in [0.29, 0.717) is 45.8 Å². The number of pyridine rings is 1. The zero-order valence-electron chi connectivity index (χ0n) is 18.7. The molecule has 2 aromatic carbocycles. The van der Waals surface area contributed by atoms with Gasteiger partial charge in [-0.15, -0.1) is 5.10 Å². The number of anilines is 2. The Kier molecular flexibility index (Phi) is 7.24. The highest BCUT2D eigenvalue weighted by molar-refractivity contribution is 6.30. The maximum Gasteiger partial charge on any atom is 0.255 e. The van der Waals surface area contributed by atoms with Crippen LogP contribution in [0.3, 0.4) is 0 Å². The topological polar surface area (TPSA) is 103 Å². The van der Waals surface area contributed by atoms with E-state index in [1.807, 2.05) is 24.3 Å². The first-order chi connectivity index (χ1) is 16.6. The molecular weight excluding hydrogens is 456 g/mol. The van der Waals surface area contributed by atoms with E-state index in [4.69, 9.17) is 21.1 Å². The van der Waals surface area contributed by atoms with E-state index in [1.165, 1.54) is 0 Å². The van der Waals surface area contributed by atoms with Crippen LogP contribution in [0.25, 0.3) is 0 Å². The number of hydrogen-bond donors (Lipinski definition) is 2. The second kappa shape index (κ2) is 10.7. The number of hydrogen-bond acceptors (Lipinski definition) is 7. The lowest BCUT2D eigenvalue weighted by Gasteiger charge is -2.14. The summed E-state index contributed by atoms with van der Waals surface area (Å²) in [6.07, 6.45) is 3.40. The van der Waals surface area contributed by atoms with Crippen LogP contribution < -0.4 is 20.1 Å². The minimum atomic E-state index is -0.296. The lowest BCUT2D eigenvalue weighted by atomic mass is 10.2. The minimum Gasteiger partial charge on any atom is -0.497 e. The highest BCUT2D eigenvalue weighted by Crippen LogP contribution is 2.31. The highest BCUT2D eigenvalue weighted by atomic mass is 35.5. The van der Waals surface area contributed by atoms with E-state index in [2.05, 4.69) is 25.9 Å². The third kappa shape index (κ3) is 5.62. The number of amides is 1. The molecule has 0 atom stereocenters. The standard InChI is InChI=1S/C24H23ClN6O3/c1-33-19-9-10-21(22(12-19)34-2)28-23-20(4-3-11-26-23)24(32)27-13-18-15-31(30-29-18)14-16-5-7-17(25)8-6-16/h3-12,15H,13-14H2,1-2H3,(H,26,28)(H,27,32). The number of methoxy groups -OCH3 is 2. The van der Waals surface area contributed by atoms with Crippen molar-refractivity contribution < 1.29 is 14.3 Å². The molecule has 10 heteroatoms. The Morgan fingerprint density at radius 1 is 1.09 bits per heavy atom. The van der Waals surface area contributed by atoms with E-state index < -0.39 is 0 Å². The van der Waals surface area contributed by atoms with Crippen molar-refractivity contribution in [1.29, 1.82) is 0 Å². The average molecular weight is 479 g/mol. The molecule has 0 bridgehead atoms. The summed E-state index contributed by atoms with van der Waals surface area (Å²) in [7, 11) is 3.14. The van der Waals surface area contributed by atoms with Crippen LogP contribution in [0.4, 0.5) is 11.5 Å². The van der Waals surface area contributed by atoms with Gasteiger partial charge >= 0.3 is 0 Å². The Morgan fingerprint density at radius 2 is 1.91 bits per heavy atom. The van der Waals surface area contributed by atoms with Crippen LogP contribution in [0, 0.1) is 0 Å². The van der Waals surface area contributed by atoms with Gasteiger partial charge in [0.15, 0.2) is 0 Å². The van der Waals surface area contributed by atoms with E-state index in [0.717, 1.165) is 5.56 Å². The number of ether oxygens (including phenoxy) is 2. The number of aromatic nitrogens is 4. The number of nitrogens with one attached hydrogen (secondary N) is 2. The quantitative estimate of drug-likeness (QED) is 0.374. The van der Waals surface area contributed by atoms with Gasteiger partial charge in [-0.05, 0) is 42.0 Å². The molecule has 0 spiro atoms. The normalized spacial score (nSPS) is 10.6. The molecule has 9 nitrogen and oxygen atoms in total. The first-order valence-corrected chi connectivity index (χ1v) is 10.8. The summed E-state index contributed by atoms with van der Waals surface area (Å²) < 4.78 is 12.4. The lowest BCUT2D eigenvalue weighted by Crippen LogP contribution is -2.24. The van der Waals surface area contributed by atoms with E-state index in [9.17, 15) is 4.79 Å². The first-order valence-electron chi connectivity index (χ1n) is 10.4. The largest absolute Gasteiger partial charge is 0.497 e. The second-order valence-electron chi connectivity index (χ2n) is 7.31. The van der Waals surface area contributed by atoms with Crippen molar-refractivity contribution >= 4 is 29.0 Å². The molecule has 34 heavy (non-hydrogen) atoms. The van der Waals surface area contributed by atoms with Gasteiger partial charge in [0, 0.05) is 17.3 Å². The van der Waals surface area contributed by atoms with Gasteiger partial charge in [0.25, 0.3) is 5.91 Å². The molecular formula is C24H23ClN6O3. The van der Waals surface area contributed by atoms with Crippen molar-refractivity contribution in [3.8, 4) is 11.5 Å². The lowest BCUT2D eigenvalue weighted by molar-refractivity contribution is 0.0951. The van der Waals surface area contributed by atoms with Crippen LogP contribution in [-0.4, -0.2) is 40.1 Å². The first kappa shape index (κ1) is 23.1. The molecule has 4 aromatic rings. The molecule has 0 fully saturated rings. The van der Waals surface area contributed by atoms with E-state index in [1.54, 1.807) is 61.6 Å². The summed E-state index contributed by atoms with van der Waals surface area (Å²) in [5.74, 6) is 1.32. The minimum absolute atomic E-state index is 0.222. The summed E-state index contributed by atoms with van der Waals surface area (Å²) in [5, 5.41) is 15.0. The summed E-state index contributed by atoms with van der Waals surface area (Å²) in [5.41, 5.74) is 2.72. The van der Waals surface area contributed by atoms with Crippen molar-refractivity contribution in [2.45, 2.75) is 13.1 Å². The molecule has 174 valence electrons. The van der Waals surface area contributed by atoms with Crippen molar-refractivity contribution in [2.75, 3.05) is 19.5 Å². The molecule has 0 radical (unpaired) electrons. The summed E-state index contributed by atoms with van der Waals surface area (Å²) in [6.45, 7) is 0.776.